The lowest BCUT2D eigenvalue weighted by Gasteiger charge is -2.21. The fourth-order valence-corrected chi connectivity index (χ4v) is 1.88. The van der Waals surface area contributed by atoms with E-state index in [1.54, 1.807) is 19.2 Å². The number of hydrogen-bond acceptors (Lipinski definition) is 5. The Balaban J connectivity index is 2.89. The third kappa shape index (κ3) is 4.50. The first-order chi connectivity index (χ1) is 9.12. The first-order valence-electron chi connectivity index (χ1n) is 6.28. The number of nitrogens with one attached hydrogen (secondary N) is 1. The Morgan fingerprint density at radius 1 is 1.47 bits per heavy atom. The molecular weight excluding hydrogens is 246 g/mol. The van der Waals surface area contributed by atoms with Gasteiger partial charge in [-0.15, -0.1) is 0 Å². The van der Waals surface area contributed by atoms with Crippen LogP contribution >= 0.6 is 0 Å². The predicted molar refractivity (Wildman–Crippen MR) is 75.5 cm³/mol. The summed E-state index contributed by atoms with van der Waals surface area (Å²) in [6.45, 7) is 5.05. The van der Waals surface area contributed by atoms with E-state index >= 15 is 0 Å². The van der Waals surface area contributed by atoms with Crippen LogP contribution in [0.3, 0.4) is 0 Å². The smallest absolute Gasteiger partial charge is 0.269 e. The molecule has 0 atom stereocenters. The minimum Gasteiger partial charge on any atom is -0.388 e. The lowest BCUT2D eigenvalue weighted by molar-refractivity contribution is -0.384. The summed E-state index contributed by atoms with van der Waals surface area (Å²) in [6.07, 6.45) is 0. The molecular formula is C13H21N3O3. The van der Waals surface area contributed by atoms with Gasteiger partial charge in [0.2, 0.25) is 0 Å². The Morgan fingerprint density at radius 3 is 2.74 bits per heavy atom. The fourth-order valence-electron chi connectivity index (χ4n) is 1.88. The molecule has 0 radical (unpaired) electrons. The molecule has 1 aromatic carbocycles. The van der Waals surface area contributed by atoms with E-state index in [4.69, 9.17) is 4.74 Å². The lowest BCUT2D eigenvalue weighted by Crippen LogP contribution is -2.27. The van der Waals surface area contributed by atoms with E-state index in [1.807, 2.05) is 7.05 Å². The molecule has 6 heteroatoms. The first kappa shape index (κ1) is 15.4. The zero-order chi connectivity index (χ0) is 14.3. The second kappa shape index (κ2) is 7.70. The second-order valence-electron chi connectivity index (χ2n) is 4.21. The van der Waals surface area contributed by atoms with Gasteiger partial charge in [0, 0.05) is 45.1 Å². The number of hydrogen-bond donors (Lipinski definition) is 1. The molecule has 1 aromatic rings. The lowest BCUT2D eigenvalue weighted by atomic mass is 10.1. The molecule has 1 rings (SSSR count). The number of nitro groups is 1. The van der Waals surface area contributed by atoms with Crippen molar-refractivity contribution in [3.8, 4) is 0 Å². The van der Waals surface area contributed by atoms with Crippen LogP contribution in [-0.2, 0) is 11.3 Å². The van der Waals surface area contributed by atoms with Gasteiger partial charge in [0.1, 0.15) is 0 Å². The van der Waals surface area contributed by atoms with Gasteiger partial charge in [-0.25, -0.2) is 0 Å². The highest BCUT2D eigenvalue weighted by molar-refractivity contribution is 5.55. The van der Waals surface area contributed by atoms with E-state index in [2.05, 4.69) is 17.1 Å². The maximum absolute atomic E-state index is 10.8. The van der Waals surface area contributed by atoms with Crippen molar-refractivity contribution in [1.29, 1.82) is 0 Å². The first-order valence-corrected chi connectivity index (χ1v) is 6.28. The molecule has 0 bridgehead atoms. The van der Waals surface area contributed by atoms with Gasteiger partial charge in [0.15, 0.2) is 0 Å². The van der Waals surface area contributed by atoms with Crippen LogP contribution in [0.25, 0.3) is 0 Å². The van der Waals surface area contributed by atoms with E-state index in [0.29, 0.717) is 13.2 Å². The van der Waals surface area contributed by atoms with Crippen molar-refractivity contribution in [2.24, 2.45) is 0 Å². The van der Waals surface area contributed by atoms with Crippen molar-refractivity contribution in [2.45, 2.75) is 13.5 Å². The fraction of sp³-hybridized carbons (Fsp3) is 0.538. The highest BCUT2D eigenvalue weighted by atomic mass is 16.6. The van der Waals surface area contributed by atoms with Gasteiger partial charge in [-0.1, -0.05) is 6.92 Å². The number of nitrogens with zero attached hydrogens (tertiary/aromatic N) is 2. The zero-order valence-electron chi connectivity index (χ0n) is 11.7. The van der Waals surface area contributed by atoms with E-state index < -0.39 is 0 Å². The Hall–Kier alpha value is -1.66. The molecule has 0 unspecified atom stereocenters. The number of methoxy groups -OCH3 is 1. The molecule has 0 spiro atoms. The number of non-ortho nitro benzene ring substituents is 1. The molecule has 1 N–H and O–H groups in total. The number of nitro benzene ring substituents is 1. The molecule has 0 fully saturated rings. The summed E-state index contributed by atoms with van der Waals surface area (Å²) in [5, 5.41) is 13.9. The SMILES string of the molecule is CCN(CCOC)Cc1cc([N+](=O)[O-])ccc1NC. The van der Waals surface area contributed by atoms with Crippen molar-refractivity contribution in [2.75, 3.05) is 39.2 Å². The monoisotopic (exact) mass is 267 g/mol. The minimum atomic E-state index is -0.367. The van der Waals surface area contributed by atoms with Crippen LogP contribution in [0.15, 0.2) is 18.2 Å². The van der Waals surface area contributed by atoms with Crippen LogP contribution in [-0.4, -0.2) is 43.7 Å². The minimum absolute atomic E-state index is 0.122. The number of benzene rings is 1. The largest absolute Gasteiger partial charge is 0.388 e. The van der Waals surface area contributed by atoms with E-state index in [-0.39, 0.29) is 10.6 Å². The molecule has 0 saturated heterocycles. The summed E-state index contributed by atoms with van der Waals surface area (Å²) in [4.78, 5) is 12.6. The van der Waals surface area contributed by atoms with E-state index in [9.17, 15) is 10.1 Å². The van der Waals surface area contributed by atoms with Gasteiger partial charge < -0.3 is 10.1 Å². The maximum atomic E-state index is 10.8. The van der Waals surface area contributed by atoms with Gasteiger partial charge >= 0.3 is 0 Å². The summed E-state index contributed by atoms with van der Waals surface area (Å²) < 4.78 is 5.06. The number of anilines is 1. The highest BCUT2D eigenvalue weighted by Gasteiger charge is 2.12. The van der Waals surface area contributed by atoms with Crippen LogP contribution < -0.4 is 5.32 Å². The number of ether oxygens (including phenoxy) is 1. The summed E-state index contributed by atoms with van der Waals surface area (Å²) in [5.41, 5.74) is 1.97. The quantitative estimate of drug-likeness (QED) is 0.577. The zero-order valence-corrected chi connectivity index (χ0v) is 11.7. The molecule has 0 amide bonds. The van der Waals surface area contributed by atoms with Crippen molar-refractivity contribution >= 4 is 11.4 Å². The van der Waals surface area contributed by atoms with Crippen LogP contribution in [0.4, 0.5) is 11.4 Å². The van der Waals surface area contributed by atoms with Crippen LogP contribution in [0.5, 0.6) is 0 Å². The average molecular weight is 267 g/mol. The molecule has 0 heterocycles. The van der Waals surface area contributed by atoms with Crippen molar-refractivity contribution in [3.63, 3.8) is 0 Å². The van der Waals surface area contributed by atoms with Crippen LogP contribution in [0.1, 0.15) is 12.5 Å². The van der Waals surface area contributed by atoms with Gasteiger partial charge in [0.25, 0.3) is 5.69 Å². The predicted octanol–water partition coefficient (Wildman–Crippen LogP) is 2.10. The summed E-state index contributed by atoms with van der Waals surface area (Å²) in [6, 6.07) is 4.89. The van der Waals surface area contributed by atoms with E-state index in [1.165, 1.54) is 6.07 Å². The van der Waals surface area contributed by atoms with Gasteiger partial charge in [-0.2, -0.15) is 0 Å². The molecule has 6 nitrogen and oxygen atoms in total. The third-order valence-electron chi connectivity index (χ3n) is 3.02. The molecule has 106 valence electrons. The maximum Gasteiger partial charge on any atom is 0.269 e. The molecule has 19 heavy (non-hydrogen) atoms. The van der Waals surface area contributed by atoms with Crippen molar-refractivity contribution in [1.82, 2.24) is 4.90 Å². The Bertz CT molecular complexity index is 424. The van der Waals surface area contributed by atoms with Crippen molar-refractivity contribution in [3.05, 3.63) is 33.9 Å². The molecule has 0 aliphatic rings. The number of likely N-dealkylation sites (N-methyl/N-ethyl adjacent to an activating group) is 1. The summed E-state index contributed by atoms with van der Waals surface area (Å²) >= 11 is 0. The normalized spacial score (nSPS) is 10.7. The molecule has 0 aliphatic carbocycles. The molecule has 0 aromatic heterocycles. The Kier molecular flexibility index (Phi) is 6.24. The Labute approximate surface area is 113 Å². The summed E-state index contributed by atoms with van der Waals surface area (Å²) in [7, 11) is 3.48. The van der Waals surface area contributed by atoms with Crippen LogP contribution in [0, 0.1) is 10.1 Å². The Morgan fingerprint density at radius 2 is 2.21 bits per heavy atom. The standard InChI is InChI=1S/C13H21N3O3/c1-4-15(7-8-19-3)10-11-9-12(16(17)18)5-6-13(11)14-2/h5-6,9,14H,4,7-8,10H2,1-3H3. The highest BCUT2D eigenvalue weighted by Crippen LogP contribution is 2.23. The van der Waals surface area contributed by atoms with E-state index in [0.717, 1.165) is 24.3 Å². The van der Waals surface area contributed by atoms with Gasteiger partial charge in [0.05, 0.1) is 11.5 Å². The average Bonchev–Trinajstić information content (AvgIpc) is 2.43. The van der Waals surface area contributed by atoms with Gasteiger partial charge in [-0.3, -0.25) is 15.0 Å². The molecule has 0 saturated carbocycles. The molecule has 0 aliphatic heterocycles. The van der Waals surface area contributed by atoms with Crippen LogP contribution in [0.2, 0.25) is 0 Å². The number of rotatable bonds is 8. The second-order valence-corrected chi connectivity index (χ2v) is 4.21. The summed E-state index contributed by atoms with van der Waals surface area (Å²) in [5.74, 6) is 0. The third-order valence-corrected chi connectivity index (χ3v) is 3.02. The topological polar surface area (TPSA) is 67.6 Å². The van der Waals surface area contributed by atoms with Gasteiger partial charge in [-0.05, 0) is 18.2 Å². The van der Waals surface area contributed by atoms with Crippen molar-refractivity contribution < 1.29 is 9.66 Å².